The Morgan fingerprint density at radius 1 is 0.909 bits per heavy atom. The van der Waals surface area contributed by atoms with Crippen LogP contribution in [-0.2, 0) is 6.61 Å². The molecule has 2 aromatic carbocycles. The van der Waals surface area contributed by atoms with Crippen molar-refractivity contribution in [2.75, 3.05) is 6.54 Å². The molecule has 4 N–H and O–H groups in total. The molecule has 0 fully saturated rings. The summed E-state index contributed by atoms with van der Waals surface area (Å²) in [7, 11) is 0. The lowest BCUT2D eigenvalue weighted by molar-refractivity contribution is 0.300. The molecule has 0 radical (unpaired) electrons. The summed E-state index contributed by atoms with van der Waals surface area (Å²) in [6.45, 7) is 1.28. The number of rotatable bonds is 8. The van der Waals surface area contributed by atoms with E-state index in [9.17, 15) is 0 Å². The van der Waals surface area contributed by atoms with Crippen LogP contribution in [-0.4, -0.2) is 6.54 Å². The molecule has 0 amide bonds. The number of para-hydroxylation sites is 1. The van der Waals surface area contributed by atoms with Crippen molar-refractivity contribution in [1.82, 2.24) is 0 Å². The number of benzene rings is 2. The van der Waals surface area contributed by atoms with Gasteiger partial charge in [-0.2, -0.15) is 0 Å². The van der Waals surface area contributed by atoms with Gasteiger partial charge in [0.1, 0.15) is 12.4 Å². The number of unbranched alkanes of at least 4 members (excludes halogenated alkanes) is 1. The third kappa shape index (κ3) is 5.68. The van der Waals surface area contributed by atoms with E-state index in [0.717, 1.165) is 42.7 Å². The second-order valence-electron chi connectivity index (χ2n) is 5.20. The van der Waals surface area contributed by atoms with E-state index in [1.807, 2.05) is 42.5 Å². The van der Waals surface area contributed by atoms with Crippen LogP contribution in [0.2, 0.25) is 0 Å². The molecule has 0 aliphatic heterocycles. The van der Waals surface area contributed by atoms with Gasteiger partial charge in [-0.3, -0.25) is 0 Å². The largest absolute Gasteiger partial charge is 0.489 e. The topological polar surface area (TPSA) is 61.3 Å². The fourth-order valence-electron chi connectivity index (χ4n) is 2.32. The van der Waals surface area contributed by atoms with Crippen molar-refractivity contribution >= 4 is 12.4 Å². The highest BCUT2D eigenvalue weighted by Gasteiger charge is 2.11. The van der Waals surface area contributed by atoms with Crippen LogP contribution in [0.1, 0.15) is 36.4 Å². The molecule has 0 saturated carbocycles. The van der Waals surface area contributed by atoms with E-state index < -0.39 is 0 Å². The summed E-state index contributed by atoms with van der Waals surface area (Å²) in [5.41, 5.74) is 14.0. The minimum absolute atomic E-state index is 0. The highest BCUT2D eigenvalue weighted by Crippen LogP contribution is 2.27. The first kappa shape index (κ1) is 18.5. The van der Waals surface area contributed by atoms with Gasteiger partial charge < -0.3 is 16.2 Å². The number of hydrogen-bond acceptors (Lipinski definition) is 3. The van der Waals surface area contributed by atoms with Crippen molar-refractivity contribution in [2.24, 2.45) is 11.5 Å². The maximum absolute atomic E-state index is 6.28. The van der Waals surface area contributed by atoms with Gasteiger partial charge in [0, 0.05) is 11.6 Å². The first-order valence-corrected chi connectivity index (χ1v) is 7.52. The highest BCUT2D eigenvalue weighted by atomic mass is 35.5. The molecule has 0 spiro atoms. The molecule has 0 aliphatic rings. The average Bonchev–Trinajstić information content (AvgIpc) is 2.54. The van der Waals surface area contributed by atoms with Gasteiger partial charge in [0.25, 0.3) is 0 Å². The summed E-state index contributed by atoms with van der Waals surface area (Å²) in [5, 5.41) is 0. The Morgan fingerprint density at radius 2 is 1.59 bits per heavy atom. The molecule has 1 atom stereocenters. The fraction of sp³-hybridized carbons (Fsp3) is 0.333. The molecular weight excluding hydrogens is 296 g/mol. The van der Waals surface area contributed by atoms with Crippen LogP contribution < -0.4 is 16.2 Å². The van der Waals surface area contributed by atoms with Crippen LogP contribution in [0.15, 0.2) is 54.6 Å². The Hall–Kier alpha value is -1.55. The molecule has 0 saturated heterocycles. The average molecular weight is 321 g/mol. The van der Waals surface area contributed by atoms with Gasteiger partial charge >= 0.3 is 0 Å². The Labute approximate surface area is 139 Å². The molecule has 120 valence electrons. The summed E-state index contributed by atoms with van der Waals surface area (Å²) in [6, 6.07) is 18.2. The normalized spacial score (nSPS) is 11.5. The van der Waals surface area contributed by atoms with Gasteiger partial charge in [-0.15, -0.1) is 12.4 Å². The number of ether oxygens (including phenoxy) is 1. The molecule has 3 nitrogen and oxygen atoms in total. The van der Waals surface area contributed by atoms with Gasteiger partial charge in [0.05, 0.1) is 0 Å². The van der Waals surface area contributed by atoms with E-state index in [1.54, 1.807) is 0 Å². The quantitative estimate of drug-likeness (QED) is 0.727. The summed E-state index contributed by atoms with van der Waals surface area (Å²) in [5.74, 6) is 0.876. The standard InChI is InChI=1S/C18H24N2O.ClH/c19-13-7-6-11-17(20)16-10-4-5-12-18(16)21-14-15-8-2-1-3-9-15;/h1-5,8-10,12,17H,6-7,11,13-14,19-20H2;1H/t17-;/m1./s1. The maximum Gasteiger partial charge on any atom is 0.124 e. The number of hydrogen-bond donors (Lipinski definition) is 2. The second kappa shape index (κ2) is 10.2. The van der Waals surface area contributed by atoms with Crippen molar-refractivity contribution in [2.45, 2.75) is 31.9 Å². The molecule has 2 rings (SSSR count). The van der Waals surface area contributed by atoms with Crippen molar-refractivity contribution in [3.63, 3.8) is 0 Å². The monoisotopic (exact) mass is 320 g/mol. The van der Waals surface area contributed by atoms with E-state index in [2.05, 4.69) is 12.1 Å². The fourth-order valence-corrected chi connectivity index (χ4v) is 2.32. The van der Waals surface area contributed by atoms with Gasteiger partial charge in [0.15, 0.2) is 0 Å². The molecule has 2 aromatic rings. The Kier molecular flexibility index (Phi) is 8.60. The number of halogens is 1. The zero-order chi connectivity index (χ0) is 14.9. The van der Waals surface area contributed by atoms with E-state index in [-0.39, 0.29) is 18.4 Å². The summed E-state index contributed by atoms with van der Waals surface area (Å²) < 4.78 is 5.95. The summed E-state index contributed by atoms with van der Waals surface area (Å²) >= 11 is 0. The molecule has 0 bridgehead atoms. The Morgan fingerprint density at radius 3 is 2.32 bits per heavy atom. The van der Waals surface area contributed by atoms with Crippen LogP contribution in [0, 0.1) is 0 Å². The van der Waals surface area contributed by atoms with Crippen LogP contribution in [0.25, 0.3) is 0 Å². The molecule has 0 unspecified atom stereocenters. The van der Waals surface area contributed by atoms with Crippen molar-refractivity contribution in [3.05, 3.63) is 65.7 Å². The van der Waals surface area contributed by atoms with E-state index >= 15 is 0 Å². The van der Waals surface area contributed by atoms with Crippen LogP contribution in [0.3, 0.4) is 0 Å². The lowest BCUT2D eigenvalue weighted by atomic mass is 10.0. The second-order valence-corrected chi connectivity index (χ2v) is 5.20. The van der Waals surface area contributed by atoms with Gasteiger partial charge in [0.2, 0.25) is 0 Å². The summed E-state index contributed by atoms with van der Waals surface area (Å²) in [6.07, 6.45) is 2.99. The first-order chi connectivity index (χ1) is 10.3. The lowest BCUT2D eigenvalue weighted by Crippen LogP contribution is -2.12. The van der Waals surface area contributed by atoms with Crippen molar-refractivity contribution in [3.8, 4) is 5.75 Å². The smallest absolute Gasteiger partial charge is 0.124 e. The SMILES string of the molecule is Cl.NCCCC[C@@H](N)c1ccccc1OCc1ccccc1. The zero-order valence-electron chi connectivity index (χ0n) is 12.8. The van der Waals surface area contributed by atoms with Crippen LogP contribution >= 0.6 is 12.4 Å². The van der Waals surface area contributed by atoms with E-state index in [1.165, 1.54) is 0 Å². The Bertz CT molecular complexity index is 534. The highest BCUT2D eigenvalue weighted by molar-refractivity contribution is 5.85. The third-order valence-electron chi connectivity index (χ3n) is 3.52. The minimum atomic E-state index is 0. The first-order valence-electron chi connectivity index (χ1n) is 7.52. The molecule has 22 heavy (non-hydrogen) atoms. The molecular formula is C18H25ClN2O. The lowest BCUT2D eigenvalue weighted by Gasteiger charge is -2.17. The minimum Gasteiger partial charge on any atom is -0.489 e. The summed E-state index contributed by atoms with van der Waals surface area (Å²) in [4.78, 5) is 0. The predicted molar refractivity (Wildman–Crippen MR) is 94.3 cm³/mol. The predicted octanol–water partition coefficient (Wildman–Crippen LogP) is 3.82. The Balaban J connectivity index is 0.00000242. The van der Waals surface area contributed by atoms with Crippen molar-refractivity contribution < 1.29 is 4.74 Å². The molecule has 0 aromatic heterocycles. The van der Waals surface area contributed by atoms with Crippen LogP contribution in [0.4, 0.5) is 0 Å². The van der Waals surface area contributed by atoms with Gasteiger partial charge in [-0.25, -0.2) is 0 Å². The number of nitrogens with two attached hydrogens (primary N) is 2. The zero-order valence-corrected chi connectivity index (χ0v) is 13.6. The molecule has 0 aliphatic carbocycles. The third-order valence-corrected chi connectivity index (χ3v) is 3.52. The van der Waals surface area contributed by atoms with E-state index in [4.69, 9.17) is 16.2 Å². The van der Waals surface area contributed by atoms with Crippen molar-refractivity contribution in [1.29, 1.82) is 0 Å². The van der Waals surface area contributed by atoms with E-state index in [0.29, 0.717) is 6.61 Å². The van der Waals surface area contributed by atoms with Gasteiger partial charge in [-0.1, -0.05) is 55.0 Å². The molecule has 0 heterocycles. The van der Waals surface area contributed by atoms with Gasteiger partial charge in [-0.05, 0) is 31.0 Å². The van der Waals surface area contributed by atoms with Crippen LogP contribution in [0.5, 0.6) is 5.75 Å². The molecule has 4 heteroatoms. The maximum atomic E-state index is 6.28.